The minimum atomic E-state index is -0.474. The van der Waals surface area contributed by atoms with Crippen molar-refractivity contribution in [3.8, 4) is 0 Å². The zero-order chi connectivity index (χ0) is 17.6. The van der Waals surface area contributed by atoms with Gasteiger partial charge in [0, 0.05) is 25.3 Å². The molecule has 1 heterocycles. The number of hydrogen-bond donors (Lipinski definition) is 2. The summed E-state index contributed by atoms with van der Waals surface area (Å²) in [4.78, 5) is 25.6. The highest BCUT2D eigenvalue weighted by atomic mass is 16.6. The molecule has 6 heteroatoms. The Hall–Kier alpha value is -1.72. The fraction of sp³-hybridized carbons (Fsp3) is 0.778. The van der Waals surface area contributed by atoms with Crippen LogP contribution in [0.4, 0.5) is 9.59 Å². The van der Waals surface area contributed by atoms with Crippen LogP contribution in [0.1, 0.15) is 59.3 Å². The average molecular weight is 337 g/mol. The maximum Gasteiger partial charge on any atom is 0.410 e. The number of likely N-dealkylation sites (tertiary alicyclic amines) is 1. The van der Waals surface area contributed by atoms with Gasteiger partial charge in [-0.1, -0.05) is 18.9 Å². The summed E-state index contributed by atoms with van der Waals surface area (Å²) in [6.45, 7) is 6.81. The molecule has 3 amide bonds. The molecule has 0 atom stereocenters. The first-order valence-corrected chi connectivity index (χ1v) is 9.05. The zero-order valence-corrected chi connectivity index (χ0v) is 15.1. The Kier molecular flexibility index (Phi) is 6.52. The summed E-state index contributed by atoms with van der Waals surface area (Å²) < 4.78 is 5.37. The van der Waals surface area contributed by atoms with Crippen LogP contribution in [0.15, 0.2) is 12.3 Å². The van der Waals surface area contributed by atoms with E-state index in [-0.39, 0.29) is 18.2 Å². The van der Waals surface area contributed by atoms with E-state index in [4.69, 9.17) is 4.74 Å². The highest BCUT2D eigenvalue weighted by Crippen LogP contribution is 2.25. The standard InChI is InChI=1S/C18H31N3O3/c1-18(2,3)24-17(23)21-12-9-15(10-13-21)20-16(22)19-11-8-14-6-4-5-7-14/h8,11,14-15H,4-7,9-10,12-13H2,1-3H3,(H2,19,20,22)/b11-8+. The molecule has 1 aliphatic heterocycles. The van der Waals surface area contributed by atoms with Crippen molar-refractivity contribution in [1.82, 2.24) is 15.5 Å². The van der Waals surface area contributed by atoms with Crippen LogP contribution in [0.3, 0.4) is 0 Å². The number of allylic oxidation sites excluding steroid dienone is 1. The maximum atomic E-state index is 12.0. The number of rotatable bonds is 3. The van der Waals surface area contributed by atoms with Gasteiger partial charge in [0.05, 0.1) is 0 Å². The topological polar surface area (TPSA) is 70.7 Å². The second-order valence-corrected chi connectivity index (χ2v) is 7.76. The van der Waals surface area contributed by atoms with E-state index in [1.165, 1.54) is 25.7 Å². The summed E-state index contributed by atoms with van der Waals surface area (Å²) in [5.74, 6) is 0.613. The van der Waals surface area contributed by atoms with Crippen molar-refractivity contribution in [2.24, 2.45) is 5.92 Å². The molecule has 0 bridgehead atoms. The highest BCUT2D eigenvalue weighted by Gasteiger charge is 2.27. The third-order valence-electron chi connectivity index (χ3n) is 4.46. The summed E-state index contributed by atoms with van der Waals surface area (Å²) >= 11 is 0. The van der Waals surface area contributed by atoms with E-state index in [2.05, 4.69) is 16.7 Å². The Bertz CT molecular complexity index is 457. The minimum Gasteiger partial charge on any atom is -0.444 e. The van der Waals surface area contributed by atoms with Crippen molar-refractivity contribution in [2.75, 3.05) is 13.1 Å². The molecule has 0 spiro atoms. The van der Waals surface area contributed by atoms with Gasteiger partial charge in [-0.05, 0) is 52.4 Å². The van der Waals surface area contributed by atoms with Gasteiger partial charge in [-0.3, -0.25) is 0 Å². The van der Waals surface area contributed by atoms with Crippen LogP contribution in [-0.4, -0.2) is 41.8 Å². The van der Waals surface area contributed by atoms with E-state index in [1.54, 1.807) is 11.1 Å². The zero-order valence-electron chi connectivity index (χ0n) is 15.1. The third-order valence-corrected chi connectivity index (χ3v) is 4.46. The quantitative estimate of drug-likeness (QED) is 0.829. The molecule has 0 radical (unpaired) electrons. The van der Waals surface area contributed by atoms with Crippen molar-refractivity contribution in [3.63, 3.8) is 0 Å². The number of hydrogen-bond acceptors (Lipinski definition) is 3. The van der Waals surface area contributed by atoms with E-state index in [9.17, 15) is 9.59 Å². The summed E-state index contributed by atoms with van der Waals surface area (Å²) in [6, 6.07) is -0.0662. The van der Waals surface area contributed by atoms with Gasteiger partial charge in [-0.15, -0.1) is 0 Å². The Labute approximate surface area is 145 Å². The van der Waals surface area contributed by atoms with Gasteiger partial charge < -0.3 is 20.3 Å². The lowest BCUT2D eigenvalue weighted by molar-refractivity contribution is 0.0201. The molecule has 2 N–H and O–H groups in total. The van der Waals surface area contributed by atoms with Crippen LogP contribution >= 0.6 is 0 Å². The molecule has 2 fully saturated rings. The number of piperidine rings is 1. The van der Waals surface area contributed by atoms with Gasteiger partial charge in [0.25, 0.3) is 0 Å². The molecule has 0 aromatic rings. The summed E-state index contributed by atoms with van der Waals surface area (Å²) in [5, 5.41) is 5.76. The molecule has 1 saturated carbocycles. The van der Waals surface area contributed by atoms with Crippen molar-refractivity contribution < 1.29 is 14.3 Å². The van der Waals surface area contributed by atoms with E-state index in [0.717, 1.165) is 12.8 Å². The van der Waals surface area contributed by atoms with Gasteiger partial charge >= 0.3 is 12.1 Å². The van der Waals surface area contributed by atoms with Gasteiger partial charge in [0.1, 0.15) is 5.60 Å². The van der Waals surface area contributed by atoms with Gasteiger partial charge in [-0.25, -0.2) is 9.59 Å². The van der Waals surface area contributed by atoms with Gasteiger partial charge in [-0.2, -0.15) is 0 Å². The molecule has 6 nitrogen and oxygen atoms in total. The number of amides is 3. The van der Waals surface area contributed by atoms with Gasteiger partial charge in [0.15, 0.2) is 0 Å². The van der Waals surface area contributed by atoms with Crippen molar-refractivity contribution >= 4 is 12.1 Å². The Balaban J connectivity index is 1.65. The monoisotopic (exact) mass is 337 g/mol. The highest BCUT2D eigenvalue weighted by molar-refractivity contribution is 5.75. The molecule has 2 rings (SSSR count). The van der Waals surface area contributed by atoms with Crippen LogP contribution < -0.4 is 10.6 Å². The van der Waals surface area contributed by atoms with E-state index < -0.39 is 5.60 Å². The van der Waals surface area contributed by atoms with Gasteiger partial charge in [0.2, 0.25) is 0 Å². The molecule has 24 heavy (non-hydrogen) atoms. The lowest BCUT2D eigenvalue weighted by atomic mass is 10.1. The van der Waals surface area contributed by atoms with E-state index in [0.29, 0.717) is 19.0 Å². The second-order valence-electron chi connectivity index (χ2n) is 7.76. The molecule has 0 aromatic carbocycles. The molecule has 0 unspecified atom stereocenters. The number of nitrogens with zero attached hydrogens (tertiary/aromatic N) is 1. The van der Waals surface area contributed by atoms with Crippen LogP contribution in [-0.2, 0) is 4.74 Å². The third kappa shape index (κ3) is 6.42. The maximum absolute atomic E-state index is 12.0. The SMILES string of the molecule is CC(C)(C)OC(=O)N1CCC(NC(=O)N/C=C/C2CCCC2)CC1. The predicted octanol–water partition coefficient (Wildman–Crippen LogP) is 3.39. The molecular weight excluding hydrogens is 306 g/mol. The predicted molar refractivity (Wildman–Crippen MR) is 93.6 cm³/mol. The van der Waals surface area contributed by atoms with E-state index >= 15 is 0 Å². The van der Waals surface area contributed by atoms with Crippen LogP contribution in [0.5, 0.6) is 0 Å². The number of carbonyl (C=O) groups is 2. The number of carbonyl (C=O) groups excluding carboxylic acids is 2. The summed E-state index contributed by atoms with van der Waals surface area (Å²) in [6.07, 6.45) is 10.1. The number of urea groups is 1. The van der Waals surface area contributed by atoms with Crippen LogP contribution in [0.25, 0.3) is 0 Å². The van der Waals surface area contributed by atoms with Crippen molar-refractivity contribution in [3.05, 3.63) is 12.3 Å². The Morgan fingerprint density at radius 3 is 2.29 bits per heavy atom. The summed E-state index contributed by atoms with van der Waals surface area (Å²) in [5.41, 5.74) is -0.474. The van der Waals surface area contributed by atoms with Crippen molar-refractivity contribution in [1.29, 1.82) is 0 Å². The smallest absolute Gasteiger partial charge is 0.410 e. The molecule has 0 aromatic heterocycles. The first-order valence-electron chi connectivity index (χ1n) is 9.05. The Morgan fingerprint density at radius 2 is 1.71 bits per heavy atom. The Morgan fingerprint density at radius 1 is 1.08 bits per heavy atom. The lowest BCUT2D eigenvalue weighted by Crippen LogP contribution is -2.49. The van der Waals surface area contributed by atoms with E-state index in [1.807, 2.05) is 20.8 Å². The normalized spacial score (nSPS) is 20.4. The van der Waals surface area contributed by atoms with Crippen LogP contribution in [0, 0.1) is 5.92 Å². The average Bonchev–Trinajstić information content (AvgIpc) is 2.99. The first-order chi connectivity index (χ1) is 11.3. The number of ether oxygens (including phenoxy) is 1. The summed E-state index contributed by atoms with van der Waals surface area (Å²) in [7, 11) is 0. The molecule has 2 aliphatic rings. The fourth-order valence-corrected chi connectivity index (χ4v) is 3.17. The fourth-order valence-electron chi connectivity index (χ4n) is 3.17. The minimum absolute atomic E-state index is 0.101. The molecule has 136 valence electrons. The number of nitrogens with one attached hydrogen (secondary N) is 2. The molecular formula is C18H31N3O3. The first kappa shape index (κ1) is 18.6. The molecule has 1 aliphatic carbocycles. The van der Waals surface area contributed by atoms with Crippen molar-refractivity contribution in [2.45, 2.75) is 70.9 Å². The largest absolute Gasteiger partial charge is 0.444 e. The molecule has 1 saturated heterocycles. The lowest BCUT2D eigenvalue weighted by Gasteiger charge is -2.33. The van der Waals surface area contributed by atoms with Crippen LogP contribution in [0.2, 0.25) is 0 Å². The second kappa shape index (κ2) is 8.40.